The Labute approximate surface area is 119 Å². The number of morpholine rings is 1. The molecule has 2 aromatic rings. The molecule has 1 unspecified atom stereocenters. The number of ether oxygens (including phenoxy) is 1. The van der Waals surface area contributed by atoms with Gasteiger partial charge in [0.15, 0.2) is 0 Å². The van der Waals surface area contributed by atoms with E-state index in [1.165, 1.54) is 10.9 Å². The van der Waals surface area contributed by atoms with Crippen molar-refractivity contribution in [3.05, 3.63) is 35.9 Å². The van der Waals surface area contributed by atoms with Crippen molar-refractivity contribution in [1.29, 1.82) is 0 Å². The van der Waals surface area contributed by atoms with E-state index >= 15 is 0 Å². The third-order valence-electron chi connectivity index (χ3n) is 3.75. The number of rotatable bonds is 3. The fraction of sp³-hybridized carbons (Fsp3) is 0.438. The van der Waals surface area contributed by atoms with Crippen LogP contribution in [0.1, 0.15) is 5.56 Å². The van der Waals surface area contributed by atoms with Crippen LogP contribution in [0, 0.1) is 6.92 Å². The molecule has 4 nitrogen and oxygen atoms in total. The van der Waals surface area contributed by atoms with Crippen LogP contribution < -0.4 is 5.32 Å². The Morgan fingerprint density at radius 2 is 2.25 bits per heavy atom. The Morgan fingerprint density at radius 1 is 1.40 bits per heavy atom. The Kier molecular flexibility index (Phi) is 3.85. The molecular weight excluding hydrogens is 250 g/mol. The van der Waals surface area contributed by atoms with Gasteiger partial charge in [-0.2, -0.15) is 0 Å². The molecule has 1 aromatic carbocycles. The molecule has 1 atom stereocenters. The third-order valence-corrected chi connectivity index (χ3v) is 3.75. The predicted molar refractivity (Wildman–Crippen MR) is 82.2 cm³/mol. The third kappa shape index (κ3) is 2.92. The summed E-state index contributed by atoms with van der Waals surface area (Å²) >= 11 is 0. The maximum Gasteiger partial charge on any atom is 0.129 e. The summed E-state index contributed by atoms with van der Waals surface area (Å²) in [5, 5.41) is 4.62. The van der Waals surface area contributed by atoms with E-state index in [2.05, 4.69) is 36.3 Å². The molecule has 2 heterocycles. The monoisotopic (exact) mass is 271 g/mol. The molecule has 0 radical (unpaired) electrons. The van der Waals surface area contributed by atoms with E-state index in [0.29, 0.717) is 0 Å². The van der Waals surface area contributed by atoms with Crippen LogP contribution in [0.15, 0.2) is 30.3 Å². The van der Waals surface area contributed by atoms with Crippen LogP contribution in [0.5, 0.6) is 0 Å². The van der Waals surface area contributed by atoms with Gasteiger partial charge in [0.2, 0.25) is 0 Å². The summed E-state index contributed by atoms with van der Waals surface area (Å²) in [6.07, 6.45) is 0.237. The molecule has 0 bridgehead atoms. The molecule has 20 heavy (non-hydrogen) atoms. The fourth-order valence-corrected chi connectivity index (χ4v) is 2.60. The number of likely N-dealkylation sites (N-methyl/N-ethyl adjacent to an activating group) is 1. The predicted octanol–water partition coefficient (Wildman–Crippen LogP) is 2.29. The average molecular weight is 271 g/mol. The first-order valence-corrected chi connectivity index (χ1v) is 7.13. The molecule has 1 fully saturated rings. The van der Waals surface area contributed by atoms with Crippen molar-refractivity contribution in [2.24, 2.45) is 0 Å². The van der Waals surface area contributed by atoms with E-state index in [1.54, 1.807) is 0 Å². The molecule has 1 aliphatic heterocycles. The van der Waals surface area contributed by atoms with E-state index in [-0.39, 0.29) is 6.10 Å². The molecule has 1 saturated heterocycles. The lowest BCUT2D eigenvalue weighted by molar-refractivity contribution is -0.0117. The van der Waals surface area contributed by atoms with Crippen molar-refractivity contribution < 1.29 is 4.74 Å². The van der Waals surface area contributed by atoms with Gasteiger partial charge in [0.25, 0.3) is 0 Å². The molecule has 3 rings (SSSR count). The van der Waals surface area contributed by atoms with Gasteiger partial charge in [-0.1, -0.05) is 18.2 Å². The van der Waals surface area contributed by atoms with Gasteiger partial charge < -0.3 is 15.0 Å². The van der Waals surface area contributed by atoms with Crippen LogP contribution in [0.3, 0.4) is 0 Å². The molecule has 4 heteroatoms. The van der Waals surface area contributed by atoms with Gasteiger partial charge in [0.1, 0.15) is 5.82 Å². The quantitative estimate of drug-likeness (QED) is 0.929. The largest absolute Gasteiger partial charge is 0.374 e. The zero-order valence-corrected chi connectivity index (χ0v) is 12.1. The van der Waals surface area contributed by atoms with Crippen molar-refractivity contribution in [2.45, 2.75) is 13.0 Å². The highest BCUT2D eigenvalue weighted by atomic mass is 16.5. The Morgan fingerprint density at radius 3 is 3.10 bits per heavy atom. The lowest BCUT2D eigenvalue weighted by Gasteiger charge is -2.30. The van der Waals surface area contributed by atoms with Crippen LogP contribution in [-0.4, -0.2) is 49.3 Å². The van der Waals surface area contributed by atoms with Gasteiger partial charge >= 0.3 is 0 Å². The van der Waals surface area contributed by atoms with E-state index < -0.39 is 0 Å². The molecule has 106 valence electrons. The number of aromatic nitrogens is 1. The normalized spacial score (nSPS) is 20.2. The SMILES string of the molecule is Cc1cc2ccccc2nc1NCC1CN(C)CCO1. The topological polar surface area (TPSA) is 37.4 Å². The van der Waals surface area contributed by atoms with E-state index in [9.17, 15) is 0 Å². The number of fused-ring (bicyclic) bond motifs is 1. The van der Waals surface area contributed by atoms with Crippen molar-refractivity contribution in [1.82, 2.24) is 9.88 Å². The number of nitrogens with one attached hydrogen (secondary N) is 1. The number of anilines is 1. The maximum atomic E-state index is 5.77. The van der Waals surface area contributed by atoms with Crippen molar-refractivity contribution in [2.75, 3.05) is 38.6 Å². The number of aryl methyl sites for hydroxylation is 1. The van der Waals surface area contributed by atoms with Gasteiger partial charge in [-0.05, 0) is 31.7 Å². The summed E-state index contributed by atoms with van der Waals surface area (Å²) in [4.78, 5) is 7.00. The summed E-state index contributed by atoms with van der Waals surface area (Å²) in [7, 11) is 2.13. The summed E-state index contributed by atoms with van der Waals surface area (Å²) in [5.74, 6) is 0.959. The minimum atomic E-state index is 0.237. The zero-order valence-electron chi connectivity index (χ0n) is 12.1. The summed E-state index contributed by atoms with van der Waals surface area (Å²) in [6.45, 7) is 5.70. The molecule has 1 aliphatic rings. The summed E-state index contributed by atoms with van der Waals surface area (Å²) in [6, 6.07) is 10.4. The van der Waals surface area contributed by atoms with Crippen molar-refractivity contribution in [3.63, 3.8) is 0 Å². The molecule has 1 aromatic heterocycles. The Balaban J connectivity index is 1.72. The highest BCUT2D eigenvalue weighted by molar-refractivity contribution is 5.81. The second-order valence-corrected chi connectivity index (χ2v) is 5.48. The summed E-state index contributed by atoms with van der Waals surface area (Å²) < 4.78 is 5.77. The number of hydrogen-bond acceptors (Lipinski definition) is 4. The molecule has 0 aliphatic carbocycles. The van der Waals surface area contributed by atoms with Crippen LogP contribution in [-0.2, 0) is 4.74 Å². The zero-order chi connectivity index (χ0) is 13.9. The smallest absolute Gasteiger partial charge is 0.129 e. The van der Waals surface area contributed by atoms with Gasteiger partial charge in [0.05, 0.1) is 18.2 Å². The second-order valence-electron chi connectivity index (χ2n) is 5.48. The second kappa shape index (κ2) is 5.77. The van der Waals surface area contributed by atoms with E-state index in [4.69, 9.17) is 9.72 Å². The number of benzene rings is 1. The summed E-state index contributed by atoms with van der Waals surface area (Å²) in [5.41, 5.74) is 2.20. The first-order valence-electron chi connectivity index (χ1n) is 7.13. The Bertz CT molecular complexity index is 599. The van der Waals surface area contributed by atoms with Gasteiger partial charge in [-0.25, -0.2) is 4.98 Å². The van der Waals surface area contributed by atoms with Crippen molar-refractivity contribution >= 4 is 16.7 Å². The number of nitrogens with zero attached hydrogens (tertiary/aromatic N) is 2. The van der Waals surface area contributed by atoms with Crippen LogP contribution in [0.4, 0.5) is 5.82 Å². The number of pyridine rings is 1. The number of hydrogen-bond donors (Lipinski definition) is 1. The first-order chi connectivity index (χ1) is 9.72. The van der Waals surface area contributed by atoms with Gasteiger partial charge in [-0.3, -0.25) is 0 Å². The van der Waals surface area contributed by atoms with Crippen LogP contribution in [0.2, 0.25) is 0 Å². The van der Waals surface area contributed by atoms with Crippen LogP contribution >= 0.6 is 0 Å². The Hall–Kier alpha value is -1.65. The molecular formula is C16H21N3O. The van der Waals surface area contributed by atoms with Crippen molar-refractivity contribution in [3.8, 4) is 0 Å². The van der Waals surface area contributed by atoms with Gasteiger partial charge in [0, 0.05) is 25.0 Å². The molecule has 0 amide bonds. The lowest BCUT2D eigenvalue weighted by atomic mass is 10.1. The minimum absolute atomic E-state index is 0.237. The van der Waals surface area contributed by atoms with Crippen LogP contribution in [0.25, 0.3) is 10.9 Å². The highest BCUT2D eigenvalue weighted by Crippen LogP contribution is 2.19. The molecule has 0 saturated carbocycles. The van der Waals surface area contributed by atoms with E-state index in [1.807, 2.05) is 18.2 Å². The van der Waals surface area contributed by atoms with Gasteiger partial charge in [-0.15, -0.1) is 0 Å². The molecule has 0 spiro atoms. The average Bonchev–Trinajstić information content (AvgIpc) is 2.45. The maximum absolute atomic E-state index is 5.77. The fourth-order valence-electron chi connectivity index (χ4n) is 2.60. The highest BCUT2D eigenvalue weighted by Gasteiger charge is 2.17. The molecule has 1 N–H and O–H groups in total. The minimum Gasteiger partial charge on any atom is -0.374 e. The number of para-hydroxylation sites is 1. The van der Waals surface area contributed by atoms with E-state index in [0.717, 1.165) is 37.6 Å². The first kappa shape index (κ1) is 13.3. The standard InChI is InChI=1S/C16H21N3O/c1-12-9-13-5-3-4-6-15(13)18-16(12)17-10-14-11-19(2)7-8-20-14/h3-6,9,14H,7-8,10-11H2,1-2H3,(H,17,18). The lowest BCUT2D eigenvalue weighted by Crippen LogP contribution is -2.43.